The molecular formula is C19H19NO5. The summed E-state index contributed by atoms with van der Waals surface area (Å²) < 4.78 is 10.00. The summed E-state index contributed by atoms with van der Waals surface area (Å²) in [7, 11) is 1.31. The van der Waals surface area contributed by atoms with Gasteiger partial charge in [-0.2, -0.15) is 0 Å². The van der Waals surface area contributed by atoms with Crippen LogP contribution in [-0.2, 0) is 9.53 Å². The van der Waals surface area contributed by atoms with Crippen LogP contribution in [0.25, 0.3) is 0 Å². The zero-order valence-corrected chi connectivity index (χ0v) is 14.1. The number of ketones is 1. The van der Waals surface area contributed by atoms with Crippen LogP contribution < -0.4 is 10.1 Å². The van der Waals surface area contributed by atoms with Gasteiger partial charge in [-0.15, -0.1) is 0 Å². The molecule has 2 aromatic carbocycles. The van der Waals surface area contributed by atoms with Crippen LogP contribution in [0.5, 0.6) is 5.75 Å². The van der Waals surface area contributed by atoms with Crippen molar-refractivity contribution in [3.63, 3.8) is 0 Å². The van der Waals surface area contributed by atoms with Crippen LogP contribution in [0.4, 0.5) is 5.69 Å². The predicted octanol–water partition coefficient (Wildman–Crippen LogP) is 3.08. The number of carbonyl (C=O) groups is 3. The molecule has 6 heteroatoms. The van der Waals surface area contributed by atoms with Crippen molar-refractivity contribution < 1.29 is 23.9 Å². The van der Waals surface area contributed by atoms with E-state index in [9.17, 15) is 14.4 Å². The zero-order chi connectivity index (χ0) is 18.2. The normalized spacial score (nSPS) is 10.0. The molecule has 0 radical (unpaired) electrons. The van der Waals surface area contributed by atoms with Crippen molar-refractivity contribution >= 4 is 23.3 Å². The third-order valence-corrected chi connectivity index (χ3v) is 3.46. The van der Waals surface area contributed by atoms with E-state index in [2.05, 4.69) is 10.1 Å². The quantitative estimate of drug-likeness (QED) is 0.618. The summed E-state index contributed by atoms with van der Waals surface area (Å²) in [4.78, 5) is 34.8. The molecule has 6 nitrogen and oxygen atoms in total. The number of benzene rings is 2. The predicted molar refractivity (Wildman–Crippen MR) is 93.0 cm³/mol. The number of carbonyl (C=O) groups excluding carboxylic acids is 3. The number of hydrogen-bond acceptors (Lipinski definition) is 5. The number of Topliss-reactive ketones (excluding diaryl/α,β-unsaturated/α-hetero) is 1. The average Bonchev–Trinajstić information content (AvgIpc) is 2.66. The molecule has 1 N–H and O–H groups in total. The lowest BCUT2D eigenvalue weighted by Gasteiger charge is -2.08. The Labute approximate surface area is 145 Å². The van der Waals surface area contributed by atoms with Gasteiger partial charge in [0.1, 0.15) is 5.75 Å². The van der Waals surface area contributed by atoms with E-state index in [0.29, 0.717) is 29.0 Å². The highest BCUT2D eigenvalue weighted by atomic mass is 16.5. The second-order valence-electron chi connectivity index (χ2n) is 5.21. The fourth-order valence-corrected chi connectivity index (χ4v) is 2.09. The van der Waals surface area contributed by atoms with Crippen LogP contribution in [0, 0.1) is 0 Å². The molecular weight excluding hydrogens is 322 g/mol. The number of ether oxygens (including phenoxy) is 2. The highest BCUT2D eigenvalue weighted by Gasteiger charge is 2.08. The van der Waals surface area contributed by atoms with Crippen molar-refractivity contribution in [1.82, 2.24) is 0 Å². The average molecular weight is 341 g/mol. The number of nitrogens with one attached hydrogen (secondary N) is 1. The van der Waals surface area contributed by atoms with Crippen LogP contribution in [0.3, 0.4) is 0 Å². The molecule has 0 aliphatic heterocycles. The second-order valence-corrected chi connectivity index (χ2v) is 5.21. The Morgan fingerprint density at radius 1 is 0.920 bits per heavy atom. The minimum absolute atomic E-state index is 0.0553. The summed E-state index contributed by atoms with van der Waals surface area (Å²) >= 11 is 0. The van der Waals surface area contributed by atoms with E-state index >= 15 is 0 Å². The summed E-state index contributed by atoms with van der Waals surface area (Å²) in [6.45, 7) is 1.63. The first kappa shape index (κ1) is 18.2. The standard InChI is InChI=1S/C19H19NO5/c1-3-17(21)13-6-10-16(11-7-13)25-12-18(22)20-15-8-4-14(5-9-15)19(23)24-2/h4-11H,3,12H2,1-2H3,(H,20,22). The van der Waals surface area contributed by atoms with Crippen molar-refractivity contribution in [3.05, 3.63) is 59.7 Å². The van der Waals surface area contributed by atoms with Crippen LogP contribution in [0.15, 0.2) is 48.5 Å². The SMILES string of the molecule is CCC(=O)c1ccc(OCC(=O)Nc2ccc(C(=O)OC)cc2)cc1. The number of esters is 1. The molecule has 25 heavy (non-hydrogen) atoms. The van der Waals surface area contributed by atoms with Gasteiger partial charge < -0.3 is 14.8 Å². The van der Waals surface area contributed by atoms with E-state index in [-0.39, 0.29) is 18.3 Å². The molecule has 0 spiro atoms. The van der Waals surface area contributed by atoms with Crippen molar-refractivity contribution in [1.29, 1.82) is 0 Å². The summed E-state index contributed by atoms with van der Waals surface area (Å²) in [5, 5.41) is 2.66. The first-order chi connectivity index (χ1) is 12.0. The summed E-state index contributed by atoms with van der Waals surface area (Å²) in [5.74, 6) is -0.214. The van der Waals surface area contributed by atoms with Crippen molar-refractivity contribution in [2.24, 2.45) is 0 Å². The Balaban J connectivity index is 1.86. The minimum Gasteiger partial charge on any atom is -0.484 e. The molecule has 0 aromatic heterocycles. The second kappa shape index (κ2) is 8.63. The van der Waals surface area contributed by atoms with Gasteiger partial charge in [-0.1, -0.05) is 6.92 Å². The largest absolute Gasteiger partial charge is 0.484 e. The number of hydrogen-bond donors (Lipinski definition) is 1. The molecule has 130 valence electrons. The third-order valence-electron chi connectivity index (χ3n) is 3.46. The fourth-order valence-electron chi connectivity index (χ4n) is 2.09. The maximum absolute atomic E-state index is 11.9. The fraction of sp³-hybridized carbons (Fsp3) is 0.211. The molecule has 0 saturated heterocycles. The Morgan fingerprint density at radius 2 is 1.52 bits per heavy atom. The first-order valence-corrected chi connectivity index (χ1v) is 7.77. The maximum atomic E-state index is 11.9. The number of amides is 1. The maximum Gasteiger partial charge on any atom is 0.337 e. The molecule has 0 atom stereocenters. The van der Waals surface area contributed by atoms with Gasteiger partial charge in [-0.05, 0) is 48.5 Å². The Morgan fingerprint density at radius 3 is 2.08 bits per heavy atom. The number of methoxy groups -OCH3 is 1. The highest BCUT2D eigenvalue weighted by Crippen LogP contribution is 2.14. The van der Waals surface area contributed by atoms with E-state index in [1.54, 1.807) is 55.5 Å². The summed E-state index contributed by atoms with van der Waals surface area (Å²) in [6.07, 6.45) is 0.442. The smallest absolute Gasteiger partial charge is 0.337 e. The van der Waals surface area contributed by atoms with Gasteiger partial charge in [0.25, 0.3) is 5.91 Å². The summed E-state index contributed by atoms with van der Waals surface area (Å²) in [5.41, 5.74) is 1.56. The van der Waals surface area contributed by atoms with Crippen LogP contribution >= 0.6 is 0 Å². The molecule has 0 fully saturated rings. The molecule has 1 amide bonds. The van der Waals surface area contributed by atoms with E-state index in [1.165, 1.54) is 7.11 Å². The lowest BCUT2D eigenvalue weighted by atomic mass is 10.1. The van der Waals surface area contributed by atoms with Crippen molar-refractivity contribution in [2.45, 2.75) is 13.3 Å². The molecule has 0 saturated carbocycles. The third kappa shape index (κ3) is 5.17. The molecule has 0 heterocycles. The number of anilines is 1. The zero-order valence-electron chi connectivity index (χ0n) is 14.1. The van der Waals surface area contributed by atoms with Crippen LogP contribution in [0.1, 0.15) is 34.1 Å². The van der Waals surface area contributed by atoms with Gasteiger partial charge in [-0.25, -0.2) is 4.79 Å². The Hall–Kier alpha value is -3.15. The monoisotopic (exact) mass is 341 g/mol. The van der Waals surface area contributed by atoms with Crippen molar-refractivity contribution in [3.8, 4) is 5.75 Å². The van der Waals surface area contributed by atoms with Gasteiger partial charge in [0.05, 0.1) is 12.7 Å². The molecule has 0 unspecified atom stereocenters. The molecule has 0 bridgehead atoms. The van der Waals surface area contributed by atoms with Crippen LogP contribution in [-0.4, -0.2) is 31.4 Å². The van der Waals surface area contributed by atoms with Gasteiger partial charge >= 0.3 is 5.97 Å². The number of rotatable bonds is 7. The summed E-state index contributed by atoms with van der Waals surface area (Å²) in [6, 6.07) is 13.0. The Kier molecular flexibility index (Phi) is 6.28. The Bertz CT molecular complexity index is 750. The van der Waals surface area contributed by atoms with Crippen molar-refractivity contribution in [2.75, 3.05) is 19.0 Å². The van der Waals surface area contributed by atoms with E-state index < -0.39 is 5.97 Å². The van der Waals surface area contributed by atoms with Gasteiger partial charge in [0.2, 0.25) is 0 Å². The van der Waals surface area contributed by atoms with Crippen LogP contribution in [0.2, 0.25) is 0 Å². The van der Waals surface area contributed by atoms with Gasteiger partial charge in [-0.3, -0.25) is 9.59 Å². The highest BCUT2D eigenvalue weighted by molar-refractivity contribution is 5.96. The lowest BCUT2D eigenvalue weighted by molar-refractivity contribution is -0.118. The topological polar surface area (TPSA) is 81.7 Å². The minimum atomic E-state index is -0.439. The molecule has 0 aliphatic carbocycles. The van der Waals surface area contributed by atoms with E-state index in [0.717, 1.165) is 0 Å². The lowest BCUT2D eigenvalue weighted by Crippen LogP contribution is -2.20. The van der Waals surface area contributed by atoms with E-state index in [4.69, 9.17) is 4.74 Å². The van der Waals surface area contributed by atoms with E-state index in [1.807, 2.05) is 0 Å². The molecule has 2 aromatic rings. The molecule has 0 aliphatic rings. The van der Waals surface area contributed by atoms with Gasteiger partial charge in [0, 0.05) is 17.7 Å². The first-order valence-electron chi connectivity index (χ1n) is 7.77. The molecule has 2 rings (SSSR count). The van der Waals surface area contributed by atoms with Gasteiger partial charge in [0.15, 0.2) is 12.4 Å².